The van der Waals surface area contributed by atoms with Gasteiger partial charge >= 0.3 is 5.97 Å². The van der Waals surface area contributed by atoms with Crippen LogP contribution in [0.1, 0.15) is 5.56 Å². The molecule has 0 saturated carbocycles. The van der Waals surface area contributed by atoms with Crippen LogP contribution in [0, 0.1) is 5.92 Å². The summed E-state index contributed by atoms with van der Waals surface area (Å²) < 4.78 is 0.913. The number of carbonyl (C=O) groups is 1. The van der Waals surface area contributed by atoms with Crippen LogP contribution in [0.5, 0.6) is 5.75 Å². The fourth-order valence-corrected chi connectivity index (χ4v) is 2.19. The van der Waals surface area contributed by atoms with E-state index < -0.39 is 5.97 Å². The van der Waals surface area contributed by atoms with Gasteiger partial charge in [-0.3, -0.25) is 9.69 Å². The number of rotatable bonds is 3. The van der Waals surface area contributed by atoms with Crippen molar-refractivity contribution in [1.29, 1.82) is 0 Å². The lowest BCUT2D eigenvalue weighted by Crippen LogP contribution is -2.49. The summed E-state index contributed by atoms with van der Waals surface area (Å²) in [5.41, 5.74) is 0.818. The summed E-state index contributed by atoms with van der Waals surface area (Å²) in [6, 6.07) is 5.26. The average Bonchev–Trinajstić information content (AvgIpc) is 2.15. The highest BCUT2D eigenvalue weighted by Crippen LogP contribution is 2.26. The van der Waals surface area contributed by atoms with Gasteiger partial charge in [0, 0.05) is 29.7 Å². The van der Waals surface area contributed by atoms with Crippen LogP contribution < -0.4 is 0 Å². The molecule has 0 radical (unpaired) electrons. The third-order valence-electron chi connectivity index (χ3n) is 2.74. The highest BCUT2D eigenvalue weighted by molar-refractivity contribution is 9.10. The zero-order valence-electron chi connectivity index (χ0n) is 8.56. The van der Waals surface area contributed by atoms with Gasteiger partial charge in [-0.25, -0.2) is 0 Å². The number of benzene rings is 1. The summed E-state index contributed by atoms with van der Waals surface area (Å²) in [6.07, 6.45) is 0. The Balaban J connectivity index is 1.96. The molecule has 0 aliphatic carbocycles. The minimum Gasteiger partial charge on any atom is -0.508 e. The van der Waals surface area contributed by atoms with Crippen molar-refractivity contribution in [2.75, 3.05) is 13.1 Å². The Bertz CT molecular complexity index is 416. The first-order valence-electron chi connectivity index (χ1n) is 4.99. The molecule has 5 heteroatoms. The number of hydrogen-bond donors (Lipinski definition) is 2. The van der Waals surface area contributed by atoms with E-state index in [0.717, 1.165) is 10.0 Å². The van der Waals surface area contributed by atoms with Crippen molar-refractivity contribution in [3.8, 4) is 5.75 Å². The van der Waals surface area contributed by atoms with Crippen molar-refractivity contribution in [2.45, 2.75) is 6.54 Å². The molecule has 4 nitrogen and oxygen atoms in total. The molecule has 0 atom stereocenters. The first kappa shape index (κ1) is 11.4. The maximum atomic E-state index is 10.6. The first-order valence-corrected chi connectivity index (χ1v) is 5.78. The summed E-state index contributed by atoms with van der Waals surface area (Å²) in [7, 11) is 0. The fraction of sp³-hybridized carbons (Fsp3) is 0.364. The molecule has 86 valence electrons. The van der Waals surface area contributed by atoms with Crippen molar-refractivity contribution in [1.82, 2.24) is 4.90 Å². The predicted molar refractivity (Wildman–Crippen MR) is 62.2 cm³/mol. The number of hydrogen-bond acceptors (Lipinski definition) is 3. The molecule has 0 bridgehead atoms. The van der Waals surface area contributed by atoms with E-state index in [9.17, 15) is 9.90 Å². The molecule has 0 spiro atoms. The van der Waals surface area contributed by atoms with Gasteiger partial charge < -0.3 is 10.2 Å². The van der Waals surface area contributed by atoms with Crippen molar-refractivity contribution in [3.63, 3.8) is 0 Å². The Hall–Kier alpha value is -1.07. The molecule has 2 rings (SSSR count). The number of carboxylic acid groups (broad SMARTS) is 1. The lowest BCUT2D eigenvalue weighted by Gasteiger charge is -2.36. The number of halogens is 1. The molecule has 2 N–H and O–H groups in total. The van der Waals surface area contributed by atoms with E-state index in [1.54, 1.807) is 12.1 Å². The molecule has 0 unspecified atom stereocenters. The number of nitrogens with zero attached hydrogens (tertiary/aromatic N) is 1. The Labute approximate surface area is 102 Å². The minimum absolute atomic E-state index is 0.252. The minimum atomic E-state index is -0.741. The zero-order valence-corrected chi connectivity index (χ0v) is 10.1. The second-order valence-corrected chi connectivity index (χ2v) is 4.92. The van der Waals surface area contributed by atoms with Crippen LogP contribution in [0.4, 0.5) is 0 Å². The molecule has 0 aromatic heterocycles. The Morgan fingerprint density at radius 2 is 2.19 bits per heavy atom. The number of aromatic hydroxyl groups is 1. The Kier molecular flexibility index (Phi) is 3.16. The molecule has 0 amide bonds. The molecular formula is C11H12BrNO3. The fourth-order valence-electron chi connectivity index (χ4n) is 1.78. The predicted octanol–water partition coefficient (Wildman–Crippen LogP) is 1.67. The second kappa shape index (κ2) is 4.43. The van der Waals surface area contributed by atoms with Gasteiger partial charge in [0.25, 0.3) is 0 Å². The van der Waals surface area contributed by atoms with Crippen LogP contribution in [0.2, 0.25) is 0 Å². The SMILES string of the molecule is O=C(O)C1CN(Cc2cc(Br)ccc2O)C1. The monoisotopic (exact) mass is 285 g/mol. The molecular weight excluding hydrogens is 274 g/mol. The largest absolute Gasteiger partial charge is 0.508 e. The average molecular weight is 286 g/mol. The summed E-state index contributed by atoms with van der Waals surface area (Å²) >= 11 is 3.34. The molecule has 1 aliphatic heterocycles. The number of carboxylic acids is 1. The van der Waals surface area contributed by atoms with E-state index in [1.165, 1.54) is 0 Å². The molecule has 1 aliphatic rings. The van der Waals surface area contributed by atoms with E-state index in [-0.39, 0.29) is 11.7 Å². The van der Waals surface area contributed by atoms with Crippen LogP contribution in [-0.2, 0) is 11.3 Å². The molecule has 1 fully saturated rings. The first-order chi connectivity index (χ1) is 7.56. The molecule has 1 heterocycles. The van der Waals surface area contributed by atoms with Crippen molar-refractivity contribution < 1.29 is 15.0 Å². The van der Waals surface area contributed by atoms with Gasteiger partial charge in [-0.05, 0) is 18.2 Å². The lowest BCUT2D eigenvalue weighted by atomic mass is 9.99. The van der Waals surface area contributed by atoms with Crippen LogP contribution in [0.3, 0.4) is 0 Å². The highest BCUT2D eigenvalue weighted by atomic mass is 79.9. The van der Waals surface area contributed by atoms with Crippen molar-refractivity contribution in [3.05, 3.63) is 28.2 Å². The summed E-state index contributed by atoms with van der Waals surface area (Å²) in [5, 5.41) is 18.3. The third kappa shape index (κ3) is 2.36. The summed E-state index contributed by atoms with van der Waals surface area (Å²) in [5.74, 6) is -0.744. The summed E-state index contributed by atoms with van der Waals surface area (Å²) in [6.45, 7) is 1.71. The van der Waals surface area contributed by atoms with Gasteiger partial charge in [0.1, 0.15) is 5.75 Å². The number of phenolic OH excluding ortho intramolecular Hbond substituents is 1. The van der Waals surface area contributed by atoms with Gasteiger partial charge in [-0.15, -0.1) is 0 Å². The standard InChI is InChI=1S/C11H12BrNO3/c12-9-1-2-10(14)7(3-9)4-13-5-8(6-13)11(15)16/h1-3,8,14H,4-6H2,(H,15,16). The van der Waals surface area contributed by atoms with Crippen molar-refractivity contribution in [2.24, 2.45) is 5.92 Å². The smallest absolute Gasteiger partial charge is 0.309 e. The van der Waals surface area contributed by atoms with Crippen molar-refractivity contribution >= 4 is 21.9 Å². The zero-order chi connectivity index (χ0) is 11.7. The van der Waals surface area contributed by atoms with Crippen LogP contribution in [-0.4, -0.2) is 34.2 Å². The number of aliphatic carboxylic acids is 1. The van der Waals surface area contributed by atoms with Crippen LogP contribution in [0.15, 0.2) is 22.7 Å². The maximum Gasteiger partial charge on any atom is 0.309 e. The van der Waals surface area contributed by atoms with E-state index in [2.05, 4.69) is 15.9 Å². The second-order valence-electron chi connectivity index (χ2n) is 4.00. The number of likely N-dealkylation sites (tertiary alicyclic amines) is 1. The van der Waals surface area contributed by atoms with E-state index in [0.29, 0.717) is 19.6 Å². The summed E-state index contributed by atoms with van der Waals surface area (Å²) in [4.78, 5) is 12.6. The molecule has 1 saturated heterocycles. The molecule has 1 aromatic rings. The van der Waals surface area contributed by atoms with Gasteiger partial charge in [-0.2, -0.15) is 0 Å². The molecule has 1 aromatic carbocycles. The normalized spacial score (nSPS) is 17.1. The van der Waals surface area contributed by atoms with E-state index >= 15 is 0 Å². The topological polar surface area (TPSA) is 60.8 Å². The third-order valence-corrected chi connectivity index (χ3v) is 3.24. The Morgan fingerprint density at radius 1 is 1.50 bits per heavy atom. The van der Waals surface area contributed by atoms with Gasteiger partial charge in [0.15, 0.2) is 0 Å². The lowest BCUT2D eigenvalue weighted by molar-refractivity contribution is -0.147. The van der Waals surface area contributed by atoms with Crippen LogP contribution in [0.25, 0.3) is 0 Å². The molecule has 16 heavy (non-hydrogen) atoms. The highest BCUT2D eigenvalue weighted by Gasteiger charge is 2.32. The van der Waals surface area contributed by atoms with Crippen LogP contribution >= 0.6 is 15.9 Å². The van der Waals surface area contributed by atoms with E-state index in [4.69, 9.17) is 5.11 Å². The quantitative estimate of drug-likeness (QED) is 0.887. The van der Waals surface area contributed by atoms with E-state index in [1.807, 2.05) is 11.0 Å². The Morgan fingerprint density at radius 3 is 2.81 bits per heavy atom. The number of phenols is 1. The van der Waals surface area contributed by atoms with Gasteiger partial charge in [0.2, 0.25) is 0 Å². The maximum absolute atomic E-state index is 10.6. The van der Waals surface area contributed by atoms with Gasteiger partial charge in [0.05, 0.1) is 5.92 Å². The van der Waals surface area contributed by atoms with Gasteiger partial charge in [-0.1, -0.05) is 15.9 Å².